The number of hydrogen-bond acceptors (Lipinski definition) is 1. The zero-order chi connectivity index (χ0) is 13.9. The second kappa shape index (κ2) is 9.79. The van der Waals surface area contributed by atoms with Gasteiger partial charge in [-0.15, -0.1) is 0 Å². The fourth-order valence-electron chi connectivity index (χ4n) is 1.89. The van der Waals surface area contributed by atoms with E-state index in [0.717, 1.165) is 23.8 Å². The maximum absolute atomic E-state index is 5.27. The lowest BCUT2D eigenvalue weighted by Crippen LogP contribution is -2.29. The number of unbranched alkanes of at least 4 members (excludes halogenated alkanes) is 3. The average molecular weight is 278 g/mol. The van der Waals surface area contributed by atoms with Crippen LogP contribution in [0.1, 0.15) is 51.5 Å². The second-order valence-electron chi connectivity index (χ2n) is 4.89. The predicted octanol–water partition coefficient (Wildman–Crippen LogP) is 4.51. The summed E-state index contributed by atoms with van der Waals surface area (Å²) >= 11 is 5.27. The third-order valence-corrected chi connectivity index (χ3v) is 3.34. The van der Waals surface area contributed by atoms with Crippen LogP contribution >= 0.6 is 12.2 Å². The number of benzene rings is 1. The highest BCUT2D eigenvalue weighted by Gasteiger charge is 1.98. The van der Waals surface area contributed by atoms with Crippen molar-refractivity contribution in [2.24, 2.45) is 0 Å². The zero-order valence-electron chi connectivity index (χ0n) is 12.2. The van der Waals surface area contributed by atoms with Gasteiger partial charge in [-0.2, -0.15) is 0 Å². The molecule has 19 heavy (non-hydrogen) atoms. The first-order chi connectivity index (χ1) is 9.26. The summed E-state index contributed by atoms with van der Waals surface area (Å²) in [5, 5.41) is 7.18. The van der Waals surface area contributed by atoms with Crippen LogP contribution in [0.3, 0.4) is 0 Å². The first-order valence-corrected chi connectivity index (χ1v) is 7.81. The molecule has 3 heteroatoms. The molecule has 0 spiro atoms. The average Bonchev–Trinajstić information content (AvgIpc) is 2.43. The summed E-state index contributed by atoms with van der Waals surface area (Å²) in [6.45, 7) is 5.38. The molecule has 0 aliphatic carbocycles. The van der Waals surface area contributed by atoms with Crippen molar-refractivity contribution in [1.82, 2.24) is 5.32 Å². The molecule has 0 heterocycles. The molecule has 1 rings (SSSR count). The number of hydrogen-bond donors (Lipinski definition) is 2. The molecule has 2 N–H and O–H groups in total. The fourth-order valence-corrected chi connectivity index (χ4v) is 2.11. The Morgan fingerprint density at radius 2 is 1.68 bits per heavy atom. The van der Waals surface area contributed by atoms with Crippen molar-refractivity contribution in [2.75, 3.05) is 11.9 Å². The van der Waals surface area contributed by atoms with Gasteiger partial charge in [-0.05, 0) is 49.2 Å². The molecule has 0 bridgehead atoms. The Bertz CT molecular complexity index is 360. The summed E-state index contributed by atoms with van der Waals surface area (Å²) in [5.41, 5.74) is 2.46. The molecule has 0 saturated carbocycles. The number of aryl methyl sites for hydroxylation is 1. The van der Waals surface area contributed by atoms with Gasteiger partial charge in [0.2, 0.25) is 0 Å². The van der Waals surface area contributed by atoms with Crippen LogP contribution in [0.5, 0.6) is 0 Å². The quantitative estimate of drug-likeness (QED) is 0.540. The molecule has 0 aliphatic rings. The minimum atomic E-state index is 0.720. The number of nitrogens with one attached hydrogen (secondary N) is 2. The van der Waals surface area contributed by atoms with Gasteiger partial charge in [0.05, 0.1) is 0 Å². The fraction of sp³-hybridized carbons (Fsp3) is 0.562. The highest BCUT2D eigenvalue weighted by Crippen LogP contribution is 2.11. The van der Waals surface area contributed by atoms with Crippen molar-refractivity contribution in [3.8, 4) is 0 Å². The second-order valence-corrected chi connectivity index (χ2v) is 5.30. The normalized spacial score (nSPS) is 10.2. The summed E-state index contributed by atoms with van der Waals surface area (Å²) in [4.78, 5) is 0. The van der Waals surface area contributed by atoms with E-state index in [2.05, 4.69) is 48.7 Å². The van der Waals surface area contributed by atoms with Gasteiger partial charge in [0.15, 0.2) is 5.11 Å². The smallest absolute Gasteiger partial charge is 0.170 e. The number of thiocarbonyl (C=S) groups is 1. The van der Waals surface area contributed by atoms with Crippen molar-refractivity contribution < 1.29 is 0 Å². The summed E-state index contributed by atoms with van der Waals surface area (Å²) in [7, 11) is 0. The van der Waals surface area contributed by atoms with Gasteiger partial charge < -0.3 is 10.6 Å². The maximum atomic E-state index is 5.27. The van der Waals surface area contributed by atoms with Crippen molar-refractivity contribution >= 4 is 23.0 Å². The molecule has 0 atom stereocenters. The highest BCUT2D eigenvalue weighted by atomic mass is 32.1. The summed E-state index contributed by atoms with van der Waals surface area (Å²) in [6.07, 6.45) is 7.32. The van der Waals surface area contributed by atoms with Crippen LogP contribution < -0.4 is 10.6 Å². The molecule has 0 radical (unpaired) electrons. The van der Waals surface area contributed by atoms with Gasteiger partial charge in [0.25, 0.3) is 0 Å². The van der Waals surface area contributed by atoms with Crippen LogP contribution in [0.2, 0.25) is 0 Å². The van der Waals surface area contributed by atoms with E-state index in [1.54, 1.807) is 0 Å². The molecule has 1 aromatic rings. The molecule has 0 aliphatic heterocycles. The standard InChI is InChI=1S/C16H26N2S/c1-3-5-7-13-17-16(19)18-15-11-9-14(10-12-15)8-6-4-2/h9-12H,3-8,13H2,1-2H3,(H2,17,18,19). The van der Waals surface area contributed by atoms with Crippen LogP contribution in [0.25, 0.3) is 0 Å². The van der Waals surface area contributed by atoms with E-state index in [-0.39, 0.29) is 0 Å². The monoisotopic (exact) mass is 278 g/mol. The van der Waals surface area contributed by atoms with Crippen molar-refractivity contribution in [1.29, 1.82) is 0 Å². The molecular formula is C16H26N2S. The molecule has 0 amide bonds. The van der Waals surface area contributed by atoms with E-state index < -0.39 is 0 Å². The predicted molar refractivity (Wildman–Crippen MR) is 88.8 cm³/mol. The third-order valence-electron chi connectivity index (χ3n) is 3.10. The van der Waals surface area contributed by atoms with E-state index >= 15 is 0 Å². The molecule has 0 fully saturated rings. The summed E-state index contributed by atoms with van der Waals surface area (Å²) in [5.74, 6) is 0. The van der Waals surface area contributed by atoms with E-state index in [0.29, 0.717) is 0 Å². The van der Waals surface area contributed by atoms with E-state index in [1.807, 2.05) is 0 Å². The van der Waals surface area contributed by atoms with Gasteiger partial charge >= 0.3 is 0 Å². The first-order valence-electron chi connectivity index (χ1n) is 7.40. The minimum absolute atomic E-state index is 0.720. The largest absolute Gasteiger partial charge is 0.362 e. The molecule has 2 nitrogen and oxygen atoms in total. The Kier molecular flexibility index (Phi) is 8.23. The molecular weight excluding hydrogens is 252 g/mol. The van der Waals surface area contributed by atoms with Crippen LogP contribution in [-0.2, 0) is 6.42 Å². The molecule has 0 saturated heterocycles. The Morgan fingerprint density at radius 3 is 2.32 bits per heavy atom. The molecule has 1 aromatic carbocycles. The SMILES string of the molecule is CCCCCNC(=S)Nc1ccc(CCCC)cc1. The van der Waals surface area contributed by atoms with Gasteiger partial charge in [-0.25, -0.2) is 0 Å². The maximum Gasteiger partial charge on any atom is 0.170 e. The van der Waals surface area contributed by atoms with Crippen molar-refractivity contribution in [3.63, 3.8) is 0 Å². The van der Waals surface area contributed by atoms with Gasteiger partial charge in [-0.1, -0.05) is 45.2 Å². The van der Waals surface area contributed by atoms with Crippen molar-refractivity contribution in [2.45, 2.75) is 52.4 Å². The van der Waals surface area contributed by atoms with Gasteiger partial charge in [0, 0.05) is 12.2 Å². The zero-order valence-corrected chi connectivity index (χ0v) is 13.0. The van der Waals surface area contributed by atoms with E-state index in [1.165, 1.54) is 37.7 Å². The van der Waals surface area contributed by atoms with Crippen LogP contribution in [0.4, 0.5) is 5.69 Å². The van der Waals surface area contributed by atoms with Gasteiger partial charge in [-0.3, -0.25) is 0 Å². The lowest BCUT2D eigenvalue weighted by atomic mass is 10.1. The Balaban J connectivity index is 2.29. The molecule has 0 unspecified atom stereocenters. The van der Waals surface area contributed by atoms with Crippen LogP contribution in [0, 0.1) is 0 Å². The van der Waals surface area contributed by atoms with Crippen LogP contribution in [-0.4, -0.2) is 11.7 Å². The first kappa shape index (κ1) is 16.0. The Labute approximate surface area is 123 Å². The summed E-state index contributed by atoms with van der Waals surface area (Å²) < 4.78 is 0. The van der Waals surface area contributed by atoms with Gasteiger partial charge in [0.1, 0.15) is 0 Å². The lowest BCUT2D eigenvalue weighted by molar-refractivity contribution is 0.698. The highest BCUT2D eigenvalue weighted by molar-refractivity contribution is 7.80. The topological polar surface area (TPSA) is 24.1 Å². The summed E-state index contributed by atoms with van der Waals surface area (Å²) in [6, 6.07) is 8.56. The molecule has 0 aromatic heterocycles. The van der Waals surface area contributed by atoms with Crippen molar-refractivity contribution in [3.05, 3.63) is 29.8 Å². The Morgan fingerprint density at radius 1 is 1.00 bits per heavy atom. The van der Waals surface area contributed by atoms with Crippen LogP contribution in [0.15, 0.2) is 24.3 Å². The Hall–Kier alpha value is -1.09. The molecule has 106 valence electrons. The van der Waals surface area contributed by atoms with E-state index in [9.17, 15) is 0 Å². The third kappa shape index (κ3) is 7.16. The van der Waals surface area contributed by atoms with E-state index in [4.69, 9.17) is 12.2 Å². The minimum Gasteiger partial charge on any atom is -0.362 e. The lowest BCUT2D eigenvalue weighted by Gasteiger charge is -2.10. The number of rotatable bonds is 8. The number of anilines is 1.